The molecule has 0 heterocycles. The lowest BCUT2D eigenvalue weighted by molar-refractivity contribution is -0.126. The number of benzene rings is 1. The van der Waals surface area contributed by atoms with Gasteiger partial charge in [0.2, 0.25) is 11.8 Å². The summed E-state index contributed by atoms with van der Waals surface area (Å²) >= 11 is 5.32. The van der Waals surface area contributed by atoms with Gasteiger partial charge in [0, 0.05) is 0 Å². The summed E-state index contributed by atoms with van der Waals surface area (Å²) in [6, 6.07) is 7.94. The fourth-order valence-corrected chi connectivity index (χ4v) is 1.24. The number of hydrogen-bond acceptors (Lipinski definition) is 2. The van der Waals surface area contributed by atoms with Crippen molar-refractivity contribution in [3.8, 4) is 0 Å². The highest BCUT2D eigenvalue weighted by Gasteiger charge is 2.18. The molecule has 15 heavy (non-hydrogen) atoms. The first-order valence-corrected chi connectivity index (χ1v) is 4.88. The number of alkyl halides is 1. The quantitative estimate of drug-likeness (QED) is 0.737. The highest BCUT2D eigenvalue weighted by Crippen LogP contribution is 2.11. The van der Waals surface area contributed by atoms with Gasteiger partial charge in [-0.3, -0.25) is 9.59 Å². The number of halogens is 1. The van der Waals surface area contributed by atoms with Gasteiger partial charge in [0.15, 0.2) is 0 Å². The molecule has 1 aromatic rings. The van der Waals surface area contributed by atoms with E-state index >= 15 is 0 Å². The minimum atomic E-state index is -0.822. The molecule has 0 bridgehead atoms. The molecule has 0 aromatic heterocycles. The van der Waals surface area contributed by atoms with Gasteiger partial charge in [0.25, 0.3) is 0 Å². The maximum Gasteiger partial charge on any atom is 0.244 e. The normalized spacial score (nSPS) is 11.8. The molecule has 0 fully saturated rings. The Hall–Kier alpha value is -1.55. The van der Waals surface area contributed by atoms with Crippen molar-refractivity contribution in [1.82, 2.24) is 5.32 Å². The summed E-state index contributed by atoms with van der Waals surface area (Å²) < 4.78 is 0. The first-order chi connectivity index (χ1) is 7.15. The van der Waals surface area contributed by atoms with Crippen LogP contribution in [0, 0.1) is 0 Å². The Bertz CT molecular complexity index is 354. The van der Waals surface area contributed by atoms with E-state index in [-0.39, 0.29) is 5.88 Å². The van der Waals surface area contributed by atoms with Crippen molar-refractivity contribution in [3.05, 3.63) is 35.9 Å². The number of primary amides is 1. The fraction of sp³-hybridized carbons (Fsp3) is 0.200. The zero-order valence-electron chi connectivity index (χ0n) is 7.94. The second-order valence-electron chi connectivity index (χ2n) is 2.95. The molecule has 0 unspecified atom stereocenters. The van der Waals surface area contributed by atoms with Gasteiger partial charge >= 0.3 is 0 Å². The molecule has 5 heteroatoms. The second-order valence-corrected chi connectivity index (χ2v) is 3.21. The molecule has 0 aliphatic rings. The predicted octanol–water partition coefficient (Wildman–Crippen LogP) is 0.568. The number of nitrogens with two attached hydrogens (primary N) is 1. The number of carbonyl (C=O) groups excluding carboxylic acids is 2. The molecule has 4 nitrogen and oxygen atoms in total. The van der Waals surface area contributed by atoms with Crippen molar-refractivity contribution < 1.29 is 9.59 Å². The Morgan fingerprint density at radius 2 is 1.93 bits per heavy atom. The Morgan fingerprint density at radius 3 is 2.40 bits per heavy atom. The van der Waals surface area contributed by atoms with Gasteiger partial charge in [-0.15, -0.1) is 11.6 Å². The van der Waals surface area contributed by atoms with E-state index in [1.54, 1.807) is 24.3 Å². The van der Waals surface area contributed by atoms with Gasteiger partial charge in [0.1, 0.15) is 11.9 Å². The Balaban J connectivity index is 2.84. The molecule has 0 aliphatic carbocycles. The van der Waals surface area contributed by atoms with E-state index in [0.29, 0.717) is 5.56 Å². The number of carbonyl (C=O) groups is 2. The van der Waals surface area contributed by atoms with Gasteiger partial charge in [-0.25, -0.2) is 0 Å². The maximum atomic E-state index is 11.1. The summed E-state index contributed by atoms with van der Waals surface area (Å²) in [7, 11) is 0. The van der Waals surface area contributed by atoms with Crippen LogP contribution in [-0.2, 0) is 9.59 Å². The van der Waals surface area contributed by atoms with Gasteiger partial charge in [0.05, 0.1) is 0 Å². The highest BCUT2D eigenvalue weighted by molar-refractivity contribution is 6.27. The molecule has 0 saturated heterocycles. The summed E-state index contributed by atoms with van der Waals surface area (Å²) in [4.78, 5) is 22.2. The zero-order valence-corrected chi connectivity index (χ0v) is 8.70. The molecule has 3 N–H and O–H groups in total. The minimum Gasteiger partial charge on any atom is -0.368 e. The van der Waals surface area contributed by atoms with Gasteiger partial charge in [-0.1, -0.05) is 30.3 Å². The number of amides is 2. The van der Waals surface area contributed by atoms with Crippen molar-refractivity contribution in [3.63, 3.8) is 0 Å². The van der Waals surface area contributed by atoms with E-state index in [2.05, 4.69) is 5.32 Å². The zero-order chi connectivity index (χ0) is 11.3. The van der Waals surface area contributed by atoms with Gasteiger partial charge in [-0.05, 0) is 5.56 Å². The van der Waals surface area contributed by atoms with Crippen LogP contribution in [0.5, 0.6) is 0 Å². The van der Waals surface area contributed by atoms with E-state index in [1.807, 2.05) is 6.07 Å². The average molecular weight is 227 g/mol. The Morgan fingerprint density at radius 1 is 1.33 bits per heavy atom. The third kappa shape index (κ3) is 3.25. The fourth-order valence-electron chi connectivity index (χ4n) is 1.16. The van der Waals surface area contributed by atoms with Crippen molar-refractivity contribution in [2.24, 2.45) is 5.73 Å². The van der Waals surface area contributed by atoms with Crippen LogP contribution in [-0.4, -0.2) is 17.7 Å². The van der Waals surface area contributed by atoms with Crippen LogP contribution in [0.1, 0.15) is 11.6 Å². The smallest absolute Gasteiger partial charge is 0.244 e. The van der Waals surface area contributed by atoms with Gasteiger partial charge < -0.3 is 11.1 Å². The third-order valence-electron chi connectivity index (χ3n) is 1.84. The summed E-state index contributed by atoms with van der Waals surface area (Å²) in [6.45, 7) is 0. The summed E-state index contributed by atoms with van der Waals surface area (Å²) in [6.07, 6.45) is 0. The summed E-state index contributed by atoms with van der Waals surface area (Å²) in [5, 5.41) is 2.44. The van der Waals surface area contributed by atoms with Gasteiger partial charge in [-0.2, -0.15) is 0 Å². The predicted molar refractivity (Wildman–Crippen MR) is 57.2 cm³/mol. The molecule has 80 valence electrons. The molecule has 1 atom stereocenters. The number of rotatable bonds is 4. The highest BCUT2D eigenvalue weighted by atomic mass is 35.5. The number of hydrogen-bond donors (Lipinski definition) is 2. The van der Waals surface area contributed by atoms with E-state index in [4.69, 9.17) is 17.3 Å². The molecule has 0 spiro atoms. The lowest BCUT2D eigenvalue weighted by Gasteiger charge is -2.14. The minimum absolute atomic E-state index is 0.198. The molecule has 0 saturated carbocycles. The van der Waals surface area contributed by atoms with Crippen molar-refractivity contribution in [2.45, 2.75) is 6.04 Å². The van der Waals surface area contributed by atoms with E-state index in [9.17, 15) is 9.59 Å². The monoisotopic (exact) mass is 226 g/mol. The molecule has 1 aromatic carbocycles. The Labute approximate surface area is 92.4 Å². The first kappa shape index (κ1) is 11.5. The molecule has 0 radical (unpaired) electrons. The van der Waals surface area contributed by atoms with Crippen LogP contribution in [0.3, 0.4) is 0 Å². The van der Waals surface area contributed by atoms with Crippen LogP contribution in [0.4, 0.5) is 0 Å². The molecule has 1 rings (SSSR count). The van der Waals surface area contributed by atoms with Crippen LogP contribution in [0.25, 0.3) is 0 Å². The molecular formula is C10H11ClN2O2. The van der Waals surface area contributed by atoms with Crippen molar-refractivity contribution >= 4 is 23.4 Å². The van der Waals surface area contributed by atoms with Crippen LogP contribution in [0.2, 0.25) is 0 Å². The number of nitrogens with one attached hydrogen (secondary N) is 1. The maximum absolute atomic E-state index is 11.1. The van der Waals surface area contributed by atoms with E-state index in [1.165, 1.54) is 0 Å². The molecule has 2 amide bonds. The van der Waals surface area contributed by atoms with E-state index in [0.717, 1.165) is 0 Å². The standard InChI is InChI=1S/C10H11ClN2O2/c11-6-8(14)13-9(10(12)15)7-4-2-1-3-5-7/h1-5,9H,6H2,(H2,12,15)(H,13,14)/t9-/m0/s1. The summed E-state index contributed by atoms with van der Waals surface area (Å²) in [5.41, 5.74) is 5.82. The molecule has 0 aliphatic heterocycles. The van der Waals surface area contributed by atoms with Crippen LogP contribution >= 0.6 is 11.6 Å². The van der Waals surface area contributed by atoms with Crippen LogP contribution in [0.15, 0.2) is 30.3 Å². The first-order valence-electron chi connectivity index (χ1n) is 4.34. The van der Waals surface area contributed by atoms with Crippen molar-refractivity contribution in [2.75, 3.05) is 5.88 Å². The molecular weight excluding hydrogens is 216 g/mol. The lowest BCUT2D eigenvalue weighted by Crippen LogP contribution is -2.38. The van der Waals surface area contributed by atoms with Crippen LogP contribution < -0.4 is 11.1 Å². The SMILES string of the molecule is NC(=O)[C@@H](NC(=O)CCl)c1ccccc1. The van der Waals surface area contributed by atoms with E-state index < -0.39 is 17.9 Å². The van der Waals surface area contributed by atoms with Crippen molar-refractivity contribution in [1.29, 1.82) is 0 Å². The average Bonchev–Trinajstić information content (AvgIpc) is 2.26. The Kier molecular flexibility index (Phi) is 4.12. The third-order valence-corrected chi connectivity index (χ3v) is 2.09. The largest absolute Gasteiger partial charge is 0.368 e. The second kappa shape index (κ2) is 5.36. The topological polar surface area (TPSA) is 72.2 Å². The lowest BCUT2D eigenvalue weighted by atomic mass is 10.1. The summed E-state index contributed by atoms with van der Waals surface area (Å²) in [5.74, 6) is -1.24.